The Bertz CT molecular complexity index is 276. The summed E-state index contributed by atoms with van der Waals surface area (Å²) >= 11 is 0. The van der Waals surface area contributed by atoms with Gasteiger partial charge in [0, 0.05) is 11.9 Å². The number of hydrogen-bond donors (Lipinski definition) is 1. The maximum absolute atomic E-state index is 10.3. The Kier molecular flexibility index (Phi) is 1.98. The summed E-state index contributed by atoms with van der Waals surface area (Å²) in [7, 11) is 0. The third-order valence-electron chi connectivity index (χ3n) is 1.81. The Morgan fingerprint density at radius 2 is 2.27 bits per heavy atom. The Balaban J connectivity index is 2.87. The molecule has 0 spiro atoms. The summed E-state index contributed by atoms with van der Waals surface area (Å²) < 4.78 is 1.72. The van der Waals surface area contributed by atoms with Gasteiger partial charge < -0.3 is 9.67 Å². The third-order valence-corrected chi connectivity index (χ3v) is 1.81. The molecule has 3 heteroatoms. The zero-order valence-electron chi connectivity index (χ0n) is 6.66. The van der Waals surface area contributed by atoms with Crippen LogP contribution >= 0.6 is 0 Å². The Morgan fingerprint density at radius 3 is 2.64 bits per heavy atom. The summed E-state index contributed by atoms with van der Waals surface area (Å²) in [5.41, 5.74) is 2.15. The van der Waals surface area contributed by atoms with Crippen molar-refractivity contribution in [3.8, 4) is 0 Å². The highest BCUT2D eigenvalue weighted by Gasteiger charge is 2.02. The highest BCUT2D eigenvalue weighted by molar-refractivity contribution is 5.66. The number of aromatic nitrogens is 1. The second kappa shape index (κ2) is 2.78. The number of carboxylic acids is 1. The molecule has 0 radical (unpaired) electrons. The van der Waals surface area contributed by atoms with Gasteiger partial charge in [0.1, 0.15) is 6.54 Å². The lowest BCUT2D eigenvalue weighted by Gasteiger charge is -2.01. The summed E-state index contributed by atoms with van der Waals surface area (Å²) in [5.74, 6) is -0.802. The minimum absolute atomic E-state index is 0.0552. The van der Waals surface area contributed by atoms with Crippen molar-refractivity contribution in [3.63, 3.8) is 0 Å². The van der Waals surface area contributed by atoms with E-state index in [9.17, 15) is 4.79 Å². The molecule has 1 aromatic heterocycles. The van der Waals surface area contributed by atoms with Gasteiger partial charge in [0.25, 0.3) is 0 Å². The van der Waals surface area contributed by atoms with Crippen LogP contribution in [-0.4, -0.2) is 15.6 Å². The molecule has 0 aromatic carbocycles. The van der Waals surface area contributed by atoms with E-state index in [1.807, 2.05) is 19.9 Å². The molecule has 0 fully saturated rings. The van der Waals surface area contributed by atoms with Gasteiger partial charge in [-0.15, -0.1) is 0 Å². The molecular formula is C8H11NO2. The zero-order valence-corrected chi connectivity index (χ0v) is 6.66. The Morgan fingerprint density at radius 1 is 1.64 bits per heavy atom. The Labute approximate surface area is 65.3 Å². The van der Waals surface area contributed by atoms with Gasteiger partial charge in [-0.3, -0.25) is 4.79 Å². The first-order valence-corrected chi connectivity index (χ1v) is 3.45. The van der Waals surface area contributed by atoms with E-state index in [0.29, 0.717) is 0 Å². The smallest absolute Gasteiger partial charge is 0.323 e. The van der Waals surface area contributed by atoms with Gasteiger partial charge in [-0.05, 0) is 25.5 Å². The Hall–Kier alpha value is -1.25. The largest absolute Gasteiger partial charge is 0.480 e. The molecule has 1 aromatic rings. The number of rotatable bonds is 2. The third kappa shape index (κ3) is 1.61. The van der Waals surface area contributed by atoms with Gasteiger partial charge in [-0.1, -0.05) is 0 Å². The number of aryl methyl sites for hydroxylation is 1. The summed E-state index contributed by atoms with van der Waals surface area (Å²) in [4.78, 5) is 10.3. The van der Waals surface area contributed by atoms with Crippen molar-refractivity contribution in [2.45, 2.75) is 20.4 Å². The fourth-order valence-corrected chi connectivity index (χ4v) is 0.978. The van der Waals surface area contributed by atoms with Gasteiger partial charge in [-0.2, -0.15) is 0 Å². The molecule has 0 aliphatic rings. The molecule has 0 bridgehead atoms. The second-order valence-corrected chi connectivity index (χ2v) is 2.61. The minimum atomic E-state index is -0.802. The van der Waals surface area contributed by atoms with E-state index >= 15 is 0 Å². The highest BCUT2D eigenvalue weighted by atomic mass is 16.4. The predicted octanol–water partition coefficient (Wildman–Crippen LogP) is 1.19. The van der Waals surface area contributed by atoms with Crippen molar-refractivity contribution in [2.24, 2.45) is 0 Å². The summed E-state index contributed by atoms with van der Waals surface area (Å²) in [6.45, 7) is 3.94. The first-order chi connectivity index (χ1) is 5.11. The van der Waals surface area contributed by atoms with Crippen molar-refractivity contribution in [1.82, 2.24) is 4.57 Å². The van der Waals surface area contributed by atoms with E-state index in [4.69, 9.17) is 5.11 Å². The topological polar surface area (TPSA) is 42.2 Å². The predicted molar refractivity (Wildman–Crippen MR) is 41.5 cm³/mol. The minimum Gasteiger partial charge on any atom is -0.480 e. The standard InChI is InChI=1S/C8H11NO2/c1-6-3-4-9(7(6)2)5-8(10)11/h3-4H,5H2,1-2H3,(H,10,11). The van der Waals surface area contributed by atoms with Crippen molar-refractivity contribution in [2.75, 3.05) is 0 Å². The monoisotopic (exact) mass is 153 g/mol. The molecule has 1 N–H and O–H groups in total. The van der Waals surface area contributed by atoms with E-state index in [1.54, 1.807) is 10.8 Å². The van der Waals surface area contributed by atoms with Crippen LogP contribution < -0.4 is 0 Å². The molecule has 1 rings (SSSR count). The number of nitrogens with zero attached hydrogens (tertiary/aromatic N) is 1. The van der Waals surface area contributed by atoms with E-state index in [1.165, 1.54) is 0 Å². The molecule has 3 nitrogen and oxygen atoms in total. The van der Waals surface area contributed by atoms with Gasteiger partial charge in [0.15, 0.2) is 0 Å². The first kappa shape index (κ1) is 7.85. The maximum atomic E-state index is 10.3. The molecule has 0 atom stereocenters. The van der Waals surface area contributed by atoms with Crippen molar-refractivity contribution in [3.05, 3.63) is 23.5 Å². The second-order valence-electron chi connectivity index (χ2n) is 2.61. The maximum Gasteiger partial charge on any atom is 0.323 e. The van der Waals surface area contributed by atoms with E-state index in [-0.39, 0.29) is 6.54 Å². The number of hydrogen-bond acceptors (Lipinski definition) is 1. The number of carboxylic acid groups (broad SMARTS) is 1. The molecule has 0 saturated heterocycles. The quantitative estimate of drug-likeness (QED) is 0.693. The van der Waals surface area contributed by atoms with Crippen LogP contribution in [0.5, 0.6) is 0 Å². The van der Waals surface area contributed by atoms with Crippen molar-refractivity contribution < 1.29 is 9.90 Å². The van der Waals surface area contributed by atoms with Crippen LogP contribution in [0.15, 0.2) is 12.3 Å². The zero-order chi connectivity index (χ0) is 8.43. The van der Waals surface area contributed by atoms with Crippen LogP contribution in [0.4, 0.5) is 0 Å². The molecule has 0 unspecified atom stereocenters. The van der Waals surface area contributed by atoms with Crippen molar-refractivity contribution in [1.29, 1.82) is 0 Å². The molecule has 60 valence electrons. The van der Waals surface area contributed by atoms with E-state index in [2.05, 4.69) is 0 Å². The fourth-order valence-electron chi connectivity index (χ4n) is 0.978. The van der Waals surface area contributed by atoms with Gasteiger partial charge >= 0.3 is 5.97 Å². The fraction of sp³-hybridized carbons (Fsp3) is 0.375. The number of carbonyl (C=O) groups is 1. The molecule has 0 aliphatic heterocycles. The van der Waals surface area contributed by atoms with Crippen LogP contribution in [0.2, 0.25) is 0 Å². The van der Waals surface area contributed by atoms with Crippen LogP contribution in [-0.2, 0) is 11.3 Å². The lowest BCUT2D eigenvalue weighted by molar-refractivity contribution is -0.137. The van der Waals surface area contributed by atoms with E-state index in [0.717, 1.165) is 11.3 Å². The van der Waals surface area contributed by atoms with Crippen LogP contribution in [0, 0.1) is 13.8 Å². The van der Waals surface area contributed by atoms with Gasteiger partial charge in [0.05, 0.1) is 0 Å². The SMILES string of the molecule is Cc1ccn(CC(=O)O)c1C. The van der Waals surface area contributed by atoms with Crippen LogP contribution in [0.3, 0.4) is 0 Å². The van der Waals surface area contributed by atoms with Gasteiger partial charge in [0.2, 0.25) is 0 Å². The first-order valence-electron chi connectivity index (χ1n) is 3.45. The van der Waals surface area contributed by atoms with Crippen LogP contribution in [0.25, 0.3) is 0 Å². The summed E-state index contributed by atoms with van der Waals surface area (Å²) in [6.07, 6.45) is 1.79. The lowest BCUT2D eigenvalue weighted by atomic mass is 10.3. The summed E-state index contributed by atoms with van der Waals surface area (Å²) in [6, 6.07) is 1.91. The van der Waals surface area contributed by atoms with Crippen molar-refractivity contribution >= 4 is 5.97 Å². The average molecular weight is 153 g/mol. The molecule has 11 heavy (non-hydrogen) atoms. The normalized spacial score (nSPS) is 10.0. The molecule has 1 heterocycles. The number of aliphatic carboxylic acids is 1. The molecule has 0 saturated carbocycles. The highest BCUT2D eigenvalue weighted by Crippen LogP contribution is 2.07. The molecule has 0 amide bonds. The molecule has 0 aliphatic carbocycles. The van der Waals surface area contributed by atoms with Crippen LogP contribution in [0.1, 0.15) is 11.3 Å². The lowest BCUT2D eigenvalue weighted by Crippen LogP contribution is -2.08. The molecular weight excluding hydrogens is 142 g/mol. The van der Waals surface area contributed by atoms with E-state index < -0.39 is 5.97 Å². The average Bonchev–Trinajstić information content (AvgIpc) is 2.18. The summed E-state index contributed by atoms with van der Waals surface area (Å²) in [5, 5.41) is 8.48. The van der Waals surface area contributed by atoms with Gasteiger partial charge in [-0.25, -0.2) is 0 Å².